The van der Waals surface area contributed by atoms with Gasteiger partial charge in [-0.1, -0.05) is 92.8 Å². The molecule has 210 valence electrons. The Labute approximate surface area is 238 Å². The summed E-state index contributed by atoms with van der Waals surface area (Å²) in [5.41, 5.74) is -1.52. The summed E-state index contributed by atoms with van der Waals surface area (Å²) in [4.78, 5) is 15.5. The van der Waals surface area contributed by atoms with Crippen LogP contribution in [0.15, 0.2) is 72.2 Å². The molecule has 0 bridgehead atoms. The summed E-state index contributed by atoms with van der Waals surface area (Å²) in [6.45, 7) is 16.6. The highest BCUT2D eigenvalue weighted by Crippen LogP contribution is 2.44. The molecular weight excluding hydrogens is 525 g/mol. The van der Waals surface area contributed by atoms with E-state index in [1.807, 2.05) is 65.4 Å². The number of rotatable bonds is 6. The highest BCUT2D eigenvalue weighted by molar-refractivity contribution is 7.09. The van der Waals surface area contributed by atoms with Gasteiger partial charge in [-0.2, -0.15) is 4.57 Å². The standard InChI is InChI=1S/C31H43N2O4SSi/c1-29(2,3)37-28(34)33-25(26(36-31(33,7)8)27-32(9)20-21-38-27)22-35-39(30(4,5)6,23-16-12-10-13-17-23)24-18-14-11-15-19-24/h10-21,25-26H,22H2,1-9H3/q+1/t25-,26+/m0/s1. The molecule has 0 unspecified atom stereocenters. The van der Waals surface area contributed by atoms with Crippen LogP contribution in [0.2, 0.25) is 5.04 Å². The quantitative estimate of drug-likeness (QED) is 0.289. The van der Waals surface area contributed by atoms with E-state index in [-0.39, 0.29) is 17.2 Å². The highest BCUT2D eigenvalue weighted by Gasteiger charge is 2.57. The zero-order valence-corrected chi connectivity index (χ0v) is 26.5. The number of amides is 1. The summed E-state index contributed by atoms with van der Waals surface area (Å²) < 4.78 is 22.0. The van der Waals surface area contributed by atoms with Crippen molar-refractivity contribution in [3.05, 3.63) is 77.2 Å². The van der Waals surface area contributed by atoms with Gasteiger partial charge in [-0.05, 0) is 50.0 Å². The number of nitrogens with zero attached hydrogens (tertiary/aromatic N) is 2. The first kappa shape index (κ1) is 29.5. The van der Waals surface area contributed by atoms with E-state index in [1.165, 1.54) is 10.4 Å². The van der Waals surface area contributed by atoms with Gasteiger partial charge in [0, 0.05) is 0 Å². The fraction of sp³-hybridized carbons (Fsp3) is 0.484. The van der Waals surface area contributed by atoms with E-state index >= 15 is 0 Å². The van der Waals surface area contributed by atoms with Gasteiger partial charge in [0.25, 0.3) is 13.3 Å². The Kier molecular flexibility index (Phi) is 8.16. The first-order chi connectivity index (χ1) is 18.2. The van der Waals surface area contributed by atoms with E-state index < -0.39 is 25.7 Å². The summed E-state index contributed by atoms with van der Waals surface area (Å²) in [5.74, 6) is 0. The lowest BCUT2D eigenvalue weighted by atomic mass is 10.1. The molecule has 1 aliphatic rings. The second kappa shape index (κ2) is 10.8. The maximum absolute atomic E-state index is 13.7. The number of carbonyl (C=O) groups excluding carboxylic acids is 1. The second-order valence-electron chi connectivity index (χ2n) is 12.7. The Morgan fingerprint density at radius 3 is 1.97 bits per heavy atom. The monoisotopic (exact) mass is 567 g/mol. The minimum atomic E-state index is -2.84. The molecule has 0 radical (unpaired) electrons. The normalized spacial score (nSPS) is 19.8. The van der Waals surface area contributed by atoms with E-state index in [4.69, 9.17) is 13.9 Å². The van der Waals surface area contributed by atoms with Gasteiger partial charge in [-0.15, -0.1) is 0 Å². The van der Waals surface area contributed by atoms with Gasteiger partial charge in [0.1, 0.15) is 18.4 Å². The SMILES string of the molecule is C[n+]1ccsc1[C@@H]1OC(C)(C)N(C(=O)OC(C)(C)C)[C@H]1CO[Si](c1ccccc1)(c1ccccc1)C(C)(C)C. The van der Waals surface area contributed by atoms with Gasteiger partial charge in [0.15, 0.2) is 12.3 Å². The van der Waals surface area contributed by atoms with E-state index in [2.05, 4.69) is 73.9 Å². The topological polar surface area (TPSA) is 51.9 Å². The maximum Gasteiger partial charge on any atom is 0.413 e. The fourth-order valence-corrected chi connectivity index (χ4v) is 11.1. The number of hydrogen-bond donors (Lipinski definition) is 0. The molecule has 3 aromatic rings. The van der Waals surface area contributed by atoms with Crippen molar-refractivity contribution in [1.29, 1.82) is 0 Å². The molecule has 1 fully saturated rings. The van der Waals surface area contributed by atoms with Crippen LogP contribution >= 0.6 is 11.3 Å². The minimum absolute atomic E-state index is 0.190. The summed E-state index contributed by atoms with van der Waals surface area (Å²) in [7, 11) is -0.828. The van der Waals surface area contributed by atoms with Gasteiger partial charge >= 0.3 is 6.09 Å². The fourth-order valence-electron chi connectivity index (χ4n) is 5.61. The van der Waals surface area contributed by atoms with Crippen LogP contribution in [0.4, 0.5) is 4.79 Å². The van der Waals surface area contributed by atoms with Crippen LogP contribution in [-0.2, 0) is 20.9 Å². The average molecular weight is 568 g/mol. The number of thiazole rings is 1. The van der Waals surface area contributed by atoms with Gasteiger partial charge in [0.05, 0.1) is 18.0 Å². The first-order valence-electron chi connectivity index (χ1n) is 13.6. The summed E-state index contributed by atoms with van der Waals surface area (Å²) >= 11 is 1.62. The predicted molar refractivity (Wildman–Crippen MR) is 159 cm³/mol. The third-order valence-corrected chi connectivity index (χ3v) is 13.2. The summed E-state index contributed by atoms with van der Waals surface area (Å²) in [5, 5.41) is 5.28. The molecule has 1 amide bonds. The Bertz CT molecular complexity index is 1230. The molecule has 1 aromatic heterocycles. The Morgan fingerprint density at radius 2 is 1.54 bits per heavy atom. The third kappa shape index (κ3) is 5.84. The van der Waals surface area contributed by atoms with Crippen LogP contribution in [0, 0.1) is 0 Å². The van der Waals surface area contributed by atoms with E-state index in [1.54, 1.807) is 16.2 Å². The third-order valence-electron chi connectivity index (χ3n) is 7.22. The minimum Gasteiger partial charge on any atom is -0.444 e. The lowest BCUT2D eigenvalue weighted by Gasteiger charge is -2.44. The maximum atomic E-state index is 13.7. The van der Waals surface area contributed by atoms with Crippen LogP contribution in [0.3, 0.4) is 0 Å². The van der Waals surface area contributed by atoms with E-state index in [9.17, 15) is 4.79 Å². The van der Waals surface area contributed by atoms with Gasteiger partial charge in [0.2, 0.25) is 0 Å². The van der Waals surface area contributed by atoms with Crippen LogP contribution < -0.4 is 14.9 Å². The van der Waals surface area contributed by atoms with Crippen LogP contribution in [0.1, 0.15) is 66.5 Å². The lowest BCUT2D eigenvalue weighted by Crippen LogP contribution is -2.67. The molecule has 1 saturated heterocycles. The van der Waals surface area contributed by atoms with Crippen molar-refractivity contribution in [2.75, 3.05) is 6.61 Å². The van der Waals surface area contributed by atoms with Crippen molar-refractivity contribution < 1.29 is 23.3 Å². The molecule has 1 aliphatic heterocycles. The van der Waals surface area contributed by atoms with Crippen molar-refractivity contribution >= 4 is 36.1 Å². The van der Waals surface area contributed by atoms with Gasteiger partial charge < -0.3 is 13.9 Å². The Morgan fingerprint density at radius 1 is 1.00 bits per heavy atom. The van der Waals surface area contributed by atoms with E-state index in [0.717, 1.165) is 5.01 Å². The molecule has 0 aliphatic carbocycles. The number of benzene rings is 2. The van der Waals surface area contributed by atoms with E-state index in [0.29, 0.717) is 6.61 Å². The Balaban J connectivity index is 1.83. The van der Waals surface area contributed by atoms with Gasteiger partial charge in [-0.3, -0.25) is 4.90 Å². The number of aromatic nitrogens is 1. The largest absolute Gasteiger partial charge is 0.444 e. The molecule has 2 atom stereocenters. The number of hydrogen-bond acceptors (Lipinski definition) is 5. The van der Waals surface area contributed by atoms with Crippen LogP contribution in [0.5, 0.6) is 0 Å². The molecule has 0 N–H and O–H groups in total. The zero-order valence-electron chi connectivity index (χ0n) is 24.7. The van der Waals surface area contributed by atoms with Crippen molar-refractivity contribution in [2.45, 2.75) is 83.9 Å². The van der Waals surface area contributed by atoms with Crippen molar-refractivity contribution in [2.24, 2.45) is 7.05 Å². The number of ether oxygens (including phenoxy) is 2. The van der Waals surface area contributed by atoms with Crippen molar-refractivity contribution in [1.82, 2.24) is 4.90 Å². The van der Waals surface area contributed by atoms with Crippen LogP contribution in [-0.4, -0.2) is 43.3 Å². The lowest BCUT2D eigenvalue weighted by molar-refractivity contribution is -0.677. The smallest absolute Gasteiger partial charge is 0.413 e. The molecular formula is C31H43N2O4SSi+. The molecule has 4 rings (SSSR count). The molecule has 0 spiro atoms. The molecule has 6 nitrogen and oxygen atoms in total. The first-order valence-corrected chi connectivity index (χ1v) is 16.3. The molecule has 2 heterocycles. The van der Waals surface area contributed by atoms with Crippen LogP contribution in [0.25, 0.3) is 0 Å². The predicted octanol–water partition coefficient (Wildman–Crippen LogP) is 5.56. The number of aryl methyl sites for hydroxylation is 1. The van der Waals surface area contributed by atoms with Crippen molar-refractivity contribution in [3.63, 3.8) is 0 Å². The Hall–Kier alpha value is -2.52. The average Bonchev–Trinajstić information content (AvgIpc) is 3.38. The van der Waals surface area contributed by atoms with Gasteiger partial charge in [-0.25, -0.2) is 4.79 Å². The summed E-state index contributed by atoms with van der Waals surface area (Å²) in [6.07, 6.45) is 1.26. The second-order valence-corrected chi connectivity index (χ2v) is 18.0. The molecule has 0 saturated carbocycles. The molecule has 2 aromatic carbocycles. The molecule has 8 heteroatoms. The number of carbonyl (C=O) groups is 1. The summed E-state index contributed by atoms with van der Waals surface area (Å²) in [6, 6.07) is 20.8. The molecule has 39 heavy (non-hydrogen) atoms. The zero-order chi connectivity index (χ0) is 28.6. The van der Waals surface area contributed by atoms with Crippen molar-refractivity contribution in [3.8, 4) is 0 Å². The highest BCUT2D eigenvalue weighted by atomic mass is 32.1.